The van der Waals surface area contributed by atoms with E-state index in [4.69, 9.17) is 0 Å². The van der Waals surface area contributed by atoms with Crippen LogP contribution in [0, 0.1) is 13.8 Å². The van der Waals surface area contributed by atoms with E-state index in [0.29, 0.717) is 5.95 Å². The van der Waals surface area contributed by atoms with Crippen LogP contribution in [0.25, 0.3) is 0 Å². The highest BCUT2D eigenvalue weighted by atomic mass is 32.2. The van der Waals surface area contributed by atoms with Crippen molar-refractivity contribution in [2.24, 2.45) is 0 Å². The van der Waals surface area contributed by atoms with Gasteiger partial charge in [0.1, 0.15) is 0 Å². The van der Waals surface area contributed by atoms with Crippen LogP contribution in [0.4, 0.5) is 5.95 Å². The van der Waals surface area contributed by atoms with Crippen molar-refractivity contribution in [1.29, 1.82) is 0 Å². The first kappa shape index (κ1) is 13.9. The van der Waals surface area contributed by atoms with Gasteiger partial charge in [0.15, 0.2) is 0 Å². The molecule has 1 unspecified atom stereocenters. The van der Waals surface area contributed by atoms with Gasteiger partial charge in [0.2, 0.25) is 5.95 Å². The molecule has 108 valence electrons. The number of rotatable bonds is 3. The molecule has 2 aromatic rings. The van der Waals surface area contributed by atoms with Crippen molar-refractivity contribution in [3.8, 4) is 0 Å². The number of hydrogen-bond donors (Lipinski definition) is 2. The molecule has 1 aliphatic rings. The molecule has 1 aromatic heterocycles. The molecule has 1 amide bonds. The van der Waals surface area contributed by atoms with Crippen molar-refractivity contribution in [3.05, 3.63) is 47.3 Å². The summed E-state index contributed by atoms with van der Waals surface area (Å²) in [4.78, 5) is 21.8. The number of thioether (sulfide) groups is 1. The minimum absolute atomic E-state index is 0.0565. The van der Waals surface area contributed by atoms with E-state index in [9.17, 15) is 4.79 Å². The van der Waals surface area contributed by atoms with Gasteiger partial charge in [-0.25, -0.2) is 9.97 Å². The predicted octanol–water partition coefficient (Wildman–Crippen LogP) is 2.25. The number of benzene rings is 1. The predicted molar refractivity (Wildman–Crippen MR) is 83.1 cm³/mol. The van der Waals surface area contributed by atoms with Crippen LogP contribution in [-0.4, -0.2) is 21.1 Å². The Morgan fingerprint density at radius 3 is 2.67 bits per heavy atom. The summed E-state index contributed by atoms with van der Waals surface area (Å²) in [7, 11) is 0. The maximum absolute atomic E-state index is 12.2. The van der Waals surface area contributed by atoms with Gasteiger partial charge in [0, 0.05) is 16.3 Å². The molecule has 6 heteroatoms. The molecule has 2 N–H and O–H groups in total. The Morgan fingerprint density at radius 2 is 1.95 bits per heavy atom. The zero-order chi connectivity index (χ0) is 14.8. The number of amides is 1. The van der Waals surface area contributed by atoms with Crippen molar-refractivity contribution in [3.63, 3.8) is 0 Å². The van der Waals surface area contributed by atoms with Crippen molar-refractivity contribution in [2.75, 3.05) is 5.43 Å². The molecular formula is C15H16N4OS. The minimum atomic E-state index is -0.110. The monoisotopic (exact) mass is 300 g/mol. The lowest BCUT2D eigenvalue weighted by molar-refractivity contribution is -0.120. The lowest BCUT2D eigenvalue weighted by atomic mass is 10.1. The van der Waals surface area contributed by atoms with E-state index in [1.807, 2.05) is 38.1 Å². The lowest BCUT2D eigenvalue weighted by Gasteiger charge is -2.11. The second kappa shape index (κ2) is 5.73. The van der Waals surface area contributed by atoms with E-state index in [1.54, 1.807) is 11.8 Å². The molecule has 2 heterocycles. The summed E-state index contributed by atoms with van der Waals surface area (Å²) in [5.41, 5.74) is 8.44. The molecule has 0 aliphatic carbocycles. The van der Waals surface area contributed by atoms with E-state index in [0.717, 1.165) is 17.8 Å². The number of nitrogens with zero attached hydrogens (tertiary/aromatic N) is 2. The fraction of sp³-hybridized carbons (Fsp3) is 0.267. The Bertz CT molecular complexity index is 644. The summed E-state index contributed by atoms with van der Waals surface area (Å²) < 4.78 is 0. The molecular weight excluding hydrogens is 284 g/mol. The van der Waals surface area contributed by atoms with E-state index in [-0.39, 0.29) is 11.2 Å². The van der Waals surface area contributed by atoms with Crippen LogP contribution in [0.5, 0.6) is 0 Å². The molecule has 1 aliphatic heterocycles. The van der Waals surface area contributed by atoms with Gasteiger partial charge in [-0.05, 0) is 38.0 Å². The van der Waals surface area contributed by atoms with Crippen LogP contribution in [0.15, 0.2) is 35.2 Å². The first-order valence-electron chi connectivity index (χ1n) is 6.74. The van der Waals surface area contributed by atoms with Gasteiger partial charge in [-0.1, -0.05) is 18.2 Å². The Kier molecular flexibility index (Phi) is 3.79. The number of carbonyl (C=O) groups excluding carboxylic acids is 1. The number of carbonyl (C=O) groups is 1. The summed E-state index contributed by atoms with van der Waals surface area (Å²) in [6, 6.07) is 10.00. The molecule has 21 heavy (non-hydrogen) atoms. The first-order valence-corrected chi connectivity index (χ1v) is 7.62. The summed E-state index contributed by atoms with van der Waals surface area (Å²) in [5, 5.41) is -0.110. The summed E-state index contributed by atoms with van der Waals surface area (Å²) in [5.74, 6) is 0.361. The molecule has 1 atom stereocenters. The second-order valence-electron chi connectivity index (χ2n) is 5.01. The third kappa shape index (κ3) is 3.16. The number of aryl methyl sites for hydroxylation is 2. The van der Waals surface area contributed by atoms with Gasteiger partial charge in [0.25, 0.3) is 5.91 Å². The van der Waals surface area contributed by atoms with Crippen molar-refractivity contribution in [1.82, 2.24) is 15.4 Å². The van der Waals surface area contributed by atoms with Crippen LogP contribution in [0.1, 0.15) is 17.0 Å². The number of aromatic nitrogens is 2. The van der Waals surface area contributed by atoms with Gasteiger partial charge < -0.3 is 0 Å². The molecule has 3 rings (SSSR count). The third-order valence-electron chi connectivity index (χ3n) is 3.22. The fourth-order valence-corrected chi connectivity index (χ4v) is 3.50. The maximum Gasteiger partial charge on any atom is 0.252 e. The molecule has 5 nitrogen and oxygen atoms in total. The number of fused-ring (bicyclic) bond motifs is 1. The van der Waals surface area contributed by atoms with Crippen LogP contribution in [0.2, 0.25) is 0 Å². The normalized spacial score (nSPS) is 16.4. The summed E-state index contributed by atoms with van der Waals surface area (Å²) in [6.07, 6.45) is 0.752. The Balaban J connectivity index is 1.61. The van der Waals surface area contributed by atoms with E-state index < -0.39 is 0 Å². The van der Waals surface area contributed by atoms with Crippen molar-refractivity contribution < 1.29 is 4.79 Å². The van der Waals surface area contributed by atoms with Crippen LogP contribution in [-0.2, 0) is 11.2 Å². The third-order valence-corrected chi connectivity index (χ3v) is 4.54. The maximum atomic E-state index is 12.2. The SMILES string of the molecule is Cc1cc(C)nc(NNC(=O)C2Cc3ccccc3S2)n1. The van der Waals surface area contributed by atoms with Gasteiger partial charge in [-0.2, -0.15) is 0 Å². The molecule has 0 saturated carbocycles. The summed E-state index contributed by atoms with van der Waals surface area (Å²) in [6.45, 7) is 3.79. The molecule has 0 radical (unpaired) electrons. The van der Waals surface area contributed by atoms with E-state index >= 15 is 0 Å². The summed E-state index contributed by atoms with van der Waals surface area (Å²) >= 11 is 1.59. The first-order chi connectivity index (χ1) is 10.1. The molecule has 0 bridgehead atoms. The van der Waals surface area contributed by atoms with Crippen molar-refractivity contribution in [2.45, 2.75) is 30.4 Å². The zero-order valence-corrected chi connectivity index (χ0v) is 12.7. The smallest absolute Gasteiger partial charge is 0.252 e. The Hall–Kier alpha value is -2.08. The minimum Gasteiger partial charge on any atom is -0.272 e. The Labute approximate surface area is 127 Å². The molecule has 1 aromatic carbocycles. The average molecular weight is 300 g/mol. The fourth-order valence-electron chi connectivity index (χ4n) is 2.31. The van der Waals surface area contributed by atoms with Gasteiger partial charge in [0.05, 0.1) is 5.25 Å². The second-order valence-corrected chi connectivity index (χ2v) is 6.25. The average Bonchev–Trinajstić information content (AvgIpc) is 2.87. The number of nitrogens with one attached hydrogen (secondary N) is 2. The quantitative estimate of drug-likeness (QED) is 0.851. The van der Waals surface area contributed by atoms with Gasteiger partial charge >= 0.3 is 0 Å². The Morgan fingerprint density at radius 1 is 1.24 bits per heavy atom. The lowest BCUT2D eigenvalue weighted by Crippen LogP contribution is -2.37. The molecule has 0 fully saturated rings. The molecule has 0 spiro atoms. The van der Waals surface area contributed by atoms with Gasteiger partial charge in [-0.3, -0.25) is 15.6 Å². The standard InChI is InChI=1S/C15H16N4OS/c1-9-7-10(2)17-15(16-9)19-18-14(20)13-8-11-5-3-4-6-12(11)21-13/h3-7,13H,8H2,1-2H3,(H,18,20)(H,16,17,19). The van der Waals surface area contributed by atoms with Crippen LogP contribution in [0.3, 0.4) is 0 Å². The zero-order valence-electron chi connectivity index (χ0n) is 11.9. The highest BCUT2D eigenvalue weighted by Gasteiger charge is 2.27. The topological polar surface area (TPSA) is 66.9 Å². The van der Waals surface area contributed by atoms with Crippen molar-refractivity contribution >= 4 is 23.6 Å². The highest BCUT2D eigenvalue weighted by molar-refractivity contribution is 8.01. The largest absolute Gasteiger partial charge is 0.272 e. The van der Waals surface area contributed by atoms with E-state index in [1.165, 1.54) is 10.5 Å². The number of anilines is 1. The number of hydrazine groups is 1. The highest BCUT2D eigenvalue weighted by Crippen LogP contribution is 2.36. The molecule has 0 saturated heterocycles. The number of hydrogen-bond acceptors (Lipinski definition) is 5. The van der Waals surface area contributed by atoms with Crippen LogP contribution < -0.4 is 10.9 Å². The van der Waals surface area contributed by atoms with Crippen LogP contribution >= 0.6 is 11.8 Å². The van der Waals surface area contributed by atoms with E-state index in [2.05, 4.69) is 26.9 Å². The van der Waals surface area contributed by atoms with Gasteiger partial charge in [-0.15, -0.1) is 11.8 Å².